The fourth-order valence-electron chi connectivity index (χ4n) is 2.34. The predicted molar refractivity (Wildman–Crippen MR) is 68.6 cm³/mol. The molecule has 2 nitrogen and oxygen atoms in total. The van der Waals surface area contributed by atoms with Gasteiger partial charge in [-0.25, -0.2) is 0 Å². The number of halogens is 1. The summed E-state index contributed by atoms with van der Waals surface area (Å²) in [6, 6.07) is 4.92. The number of nitrogens with two attached hydrogens (primary N) is 1. The summed E-state index contributed by atoms with van der Waals surface area (Å²) in [7, 11) is 0. The Bertz CT molecular complexity index is 730. The summed E-state index contributed by atoms with van der Waals surface area (Å²) < 4.78 is 40.9. The lowest BCUT2D eigenvalue weighted by atomic mass is 9.82. The third kappa shape index (κ3) is 1.67. The van der Waals surface area contributed by atoms with E-state index >= 15 is 0 Å². The molecule has 2 aliphatic carbocycles. The molecule has 1 aromatic rings. The summed E-state index contributed by atoms with van der Waals surface area (Å²) in [5.41, 5.74) is 6.85. The van der Waals surface area contributed by atoms with Crippen LogP contribution in [0.1, 0.15) is 37.1 Å². The standard InChI is InChI=1S/C14H14ClNO/c15-9-5-4-8-6-13-10(12(8)7-9)2-1-3-11(13)14(16)17/h4-5,7,11H,1-3,6H2,(H2,16,17)/i1D2,2D2,11D. The van der Waals surface area contributed by atoms with E-state index in [1.165, 1.54) is 0 Å². The molecule has 0 bridgehead atoms. The molecule has 17 heavy (non-hydrogen) atoms. The highest BCUT2D eigenvalue weighted by atomic mass is 35.5. The third-order valence-corrected chi connectivity index (χ3v) is 3.39. The minimum absolute atomic E-state index is 0.0510. The van der Waals surface area contributed by atoms with E-state index in [2.05, 4.69) is 0 Å². The maximum atomic E-state index is 11.8. The molecule has 0 spiro atoms. The number of amides is 1. The van der Waals surface area contributed by atoms with Crippen LogP contribution in [0, 0.1) is 5.89 Å². The molecule has 0 aromatic heterocycles. The van der Waals surface area contributed by atoms with E-state index in [1.807, 2.05) is 0 Å². The second kappa shape index (κ2) is 3.88. The van der Waals surface area contributed by atoms with Crippen molar-refractivity contribution in [3.05, 3.63) is 39.9 Å². The summed E-state index contributed by atoms with van der Waals surface area (Å²) in [5.74, 6) is -2.91. The zero-order valence-electron chi connectivity index (χ0n) is 14.0. The van der Waals surface area contributed by atoms with Gasteiger partial charge in [0.1, 0.15) is 0 Å². The number of primary amides is 1. The lowest BCUT2D eigenvalue weighted by Gasteiger charge is -2.22. The van der Waals surface area contributed by atoms with Gasteiger partial charge in [-0.05, 0) is 60.0 Å². The van der Waals surface area contributed by atoms with E-state index in [-0.39, 0.29) is 17.6 Å². The van der Waals surface area contributed by atoms with Gasteiger partial charge in [0.15, 0.2) is 0 Å². The highest BCUT2D eigenvalue weighted by Gasteiger charge is 2.32. The first-order valence-corrected chi connectivity index (χ1v) is 5.71. The lowest BCUT2D eigenvalue weighted by Crippen LogP contribution is -2.27. The fraction of sp³-hybridized carbons (Fsp3) is 0.357. The molecule has 0 heterocycles. The van der Waals surface area contributed by atoms with Gasteiger partial charge in [0.05, 0.1) is 5.89 Å². The van der Waals surface area contributed by atoms with Crippen LogP contribution in [-0.4, -0.2) is 5.91 Å². The number of allylic oxidation sites excluding steroid dienone is 1. The average Bonchev–Trinajstić information content (AvgIpc) is 2.76. The molecular formula is C14H14ClNO. The highest BCUT2D eigenvalue weighted by Crippen LogP contribution is 2.44. The molecule has 1 aromatic carbocycles. The molecular weight excluding hydrogens is 234 g/mol. The number of rotatable bonds is 1. The smallest absolute Gasteiger partial charge is 0.224 e. The van der Waals surface area contributed by atoms with Crippen molar-refractivity contribution in [2.75, 3.05) is 0 Å². The largest absolute Gasteiger partial charge is 0.369 e. The third-order valence-electron chi connectivity index (χ3n) is 3.15. The Morgan fingerprint density at radius 2 is 2.41 bits per heavy atom. The van der Waals surface area contributed by atoms with Gasteiger partial charge in [0.2, 0.25) is 5.91 Å². The van der Waals surface area contributed by atoms with Crippen molar-refractivity contribution in [2.24, 2.45) is 11.6 Å². The summed E-state index contributed by atoms with van der Waals surface area (Å²) >= 11 is 5.98. The second-order valence-corrected chi connectivity index (χ2v) is 4.59. The molecule has 3 rings (SSSR count). The Hall–Kier alpha value is -1.28. The highest BCUT2D eigenvalue weighted by molar-refractivity contribution is 6.30. The Labute approximate surface area is 112 Å². The van der Waals surface area contributed by atoms with Gasteiger partial charge >= 0.3 is 0 Å². The number of carbonyl (C=O) groups excluding carboxylic acids is 1. The van der Waals surface area contributed by atoms with Crippen molar-refractivity contribution in [1.29, 1.82) is 0 Å². The Morgan fingerprint density at radius 1 is 1.59 bits per heavy atom. The SMILES string of the molecule is [2H]C1(C(N)=O)CC([2H])([2H])C([2H])([2H])C2=C1Cc1ccc(Cl)cc12. The normalized spacial score (nSPS) is 36.9. The maximum Gasteiger partial charge on any atom is 0.224 e. The number of benzene rings is 1. The van der Waals surface area contributed by atoms with E-state index in [9.17, 15) is 4.79 Å². The molecule has 1 atom stereocenters. The van der Waals surface area contributed by atoms with Gasteiger partial charge in [0, 0.05) is 11.9 Å². The number of carbonyl (C=O) groups is 1. The minimum Gasteiger partial charge on any atom is -0.369 e. The van der Waals surface area contributed by atoms with E-state index < -0.39 is 31.0 Å². The Morgan fingerprint density at radius 3 is 3.18 bits per heavy atom. The van der Waals surface area contributed by atoms with Gasteiger partial charge < -0.3 is 5.73 Å². The van der Waals surface area contributed by atoms with Crippen LogP contribution in [0.3, 0.4) is 0 Å². The second-order valence-electron chi connectivity index (χ2n) is 4.15. The first-order chi connectivity index (χ1) is 10.0. The van der Waals surface area contributed by atoms with Crippen molar-refractivity contribution in [3.63, 3.8) is 0 Å². The van der Waals surface area contributed by atoms with Crippen LogP contribution in [0.25, 0.3) is 5.57 Å². The van der Waals surface area contributed by atoms with Crippen LogP contribution >= 0.6 is 11.6 Å². The summed E-state index contributed by atoms with van der Waals surface area (Å²) in [5, 5.41) is 0.393. The molecule has 0 saturated heterocycles. The zero-order valence-corrected chi connectivity index (χ0v) is 9.77. The molecule has 0 aliphatic heterocycles. The molecule has 1 unspecified atom stereocenters. The molecule has 0 radical (unpaired) electrons. The molecule has 0 fully saturated rings. The molecule has 0 saturated carbocycles. The van der Waals surface area contributed by atoms with Crippen molar-refractivity contribution >= 4 is 23.1 Å². The molecule has 2 N–H and O–H groups in total. The van der Waals surface area contributed by atoms with Crippen molar-refractivity contribution < 1.29 is 11.6 Å². The minimum atomic E-state index is -2.38. The number of hydrogen-bond donors (Lipinski definition) is 1. The van der Waals surface area contributed by atoms with Crippen molar-refractivity contribution in [3.8, 4) is 0 Å². The van der Waals surface area contributed by atoms with Gasteiger partial charge in [-0.15, -0.1) is 0 Å². The van der Waals surface area contributed by atoms with Gasteiger partial charge in [0.25, 0.3) is 0 Å². The van der Waals surface area contributed by atoms with Crippen LogP contribution in [-0.2, 0) is 11.2 Å². The molecule has 88 valence electrons. The van der Waals surface area contributed by atoms with Crippen molar-refractivity contribution in [2.45, 2.75) is 25.6 Å². The van der Waals surface area contributed by atoms with E-state index in [4.69, 9.17) is 24.2 Å². The Kier molecular flexibility index (Phi) is 1.51. The summed E-state index contributed by atoms with van der Waals surface area (Å²) in [6.45, 7) is 0. The first kappa shape index (κ1) is 6.60. The van der Waals surface area contributed by atoms with Crippen LogP contribution in [0.4, 0.5) is 0 Å². The molecule has 1 amide bonds. The van der Waals surface area contributed by atoms with Crippen LogP contribution in [0.2, 0.25) is 5.02 Å². The maximum absolute atomic E-state index is 11.8. The summed E-state index contributed by atoms with van der Waals surface area (Å²) in [6.07, 6.45) is -5.09. The van der Waals surface area contributed by atoms with Gasteiger partial charge in [-0.3, -0.25) is 4.79 Å². The molecule has 2 aliphatic rings. The lowest BCUT2D eigenvalue weighted by molar-refractivity contribution is -0.121. The van der Waals surface area contributed by atoms with Gasteiger partial charge in [-0.1, -0.05) is 17.7 Å². The average molecular weight is 253 g/mol. The molecule has 3 heteroatoms. The van der Waals surface area contributed by atoms with Gasteiger partial charge in [-0.2, -0.15) is 0 Å². The van der Waals surface area contributed by atoms with E-state index in [0.29, 0.717) is 10.6 Å². The van der Waals surface area contributed by atoms with Crippen LogP contribution in [0.5, 0.6) is 0 Å². The monoisotopic (exact) mass is 252 g/mol. The van der Waals surface area contributed by atoms with Crippen molar-refractivity contribution in [1.82, 2.24) is 0 Å². The fourth-order valence-corrected chi connectivity index (χ4v) is 2.51. The quantitative estimate of drug-likeness (QED) is 0.821. The van der Waals surface area contributed by atoms with E-state index in [0.717, 1.165) is 5.56 Å². The Balaban J connectivity index is 2.34. The first-order valence-electron chi connectivity index (χ1n) is 7.83. The number of fused-ring (bicyclic) bond motifs is 2. The van der Waals surface area contributed by atoms with E-state index in [1.54, 1.807) is 18.2 Å². The topological polar surface area (TPSA) is 43.1 Å². The zero-order chi connectivity index (χ0) is 16.5. The number of hydrogen-bond acceptors (Lipinski definition) is 1. The summed E-state index contributed by atoms with van der Waals surface area (Å²) in [4.78, 5) is 11.8. The van der Waals surface area contributed by atoms with Crippen LogP contribution in [0.15, 0.2) is 23.8 Å². The van der Waals surface area contributed by atoms with Crippen LogP contribution < -0.4 is 5.73 Å². The predicted octanol–water partition coefficient (Wildman–Crippen LogP) is 2.94.